The standard InChI is InChI=1S/C7H4Br3Cl/c8-5-1-4(3-11)7(10)6(9)2-5/h1-2H,3H2. The topological polar surface area (TPSA) is 0 Å². The zero-order valence-electron chi connectivity index (χ0n) is 5.37. The molecule has 1 aromatic carbocycles. The molecule has 0 atom stereocenters. The summed E-state index contributed by atoms with van der Waals surface area (Å²) in [5, 5.41) is 0. The number of hydrogen-bond donors (Lipinski definition) is 0. The van der Waals surface area contributed by atoms with Crippen molar-refractivity contribution in [2.24, 2.45) is 0 Å². The maximum atomic E-state index is 5.70. The Kier molecular flexibility index (Phi) is 3.89. The average molecular weight is 363 g/mol. The summed E-state index contributed by atoms with van der Waals surface area (Å²) < 4.78 is 3.07. The second-order valence-electron chi connectivity index (χ2n) is 1.99. The largest absolute Gasteiger partial charge is 0.122 e. The molecule has 0 aliphatic rings. The van der Waals surface area contributed by atoms with Crippen molar-refractivity contribution in [3.8, 4) is 0 Å². The van der Waals surface area contributed by atoms with Crippen LogP contribution in [-0.2, 0) is 5.88 Å². The molecule has 0 saturated carbocycles. The number of rotatable bonds is 1. The van der Waals surface area contributed by atoms with Crippen LogP contribution in [0, 0.1) is 0 Å². The van der Waals surface area contributed by atoms with Crippen LogP contribution in [0.5, 0.6) is 0 Å². The van der Waals surface area contributed by atoms with Gasteiger partial charge in [-0.2, -0.15) is 0 Å². The molecule has 0 radical (unpaired) electrons. The molecular weight excluding hydrogens is 359 g/mol. The molecule has 0 unspecified atom stereocenters. The number of halogens is 4. The second kappa shape index (κ2) is 4.26. The van der Waals surface area contributed by atoms with E-state index in [0.717, 1.165) is 19.0 Å². The fourth-order valence-corrected chi connectivity index (χ4v) is 2.76. The molecule has 0 heterocycles. The van der Waals surface area contributed by atoms with E-state index in [1.807, 2.05) is 12.1 Å². The van der Waals surface area contributed by atoms with E-state index >= 15 is 0 Å². The minimum absolute atomic E-state index is 0.513. The van der Waals surface area contributed by atoms with Crippen LogP contribution < -0.4 is 0 Å². The fourth-order valence-electron chi connectivity index (χ4n) is 0.707. The summed E-state index contributed by atoms with van der Waals surface area (Å²) in [5.41, 5.74) is 1.08. The van der Waals surface area contributed by atoms with Crippen molar-refractivity contribution in [3.63, 3.8) is 0 Å². The van der Waals surface area contributed by atoms with E-state index in [0.29, 0.717) is 5.88 Å². The first-order valence-corrected chi connectivity index (χ1v) is 5.76. The normalized spacial score (nSPS) is 10.2. The van der Waals surface area contributed by atoms with Gasteiger partial charge in [0, 0.05) is 19.3 Å². The molecule has 0 N–H and O–H groups in total. The third-order valence-electron chi connectivity index (χ3n) is 1.21. The van der Waals surface area contributed by atoms with Crippen LogP contribution in [-0.4, -0.2) is 0 Å². The molecule has 0 nitrogen and oxygen atoms in total. The Labute approximate surface area is 95.7 Å². The summed E-state index contributed by atoms with van der Waals surface area (Å²) in [6.07, 6.45) is 0. The third-order valence-corrected chi connectivity index (χ3v) is 4.05. The van der Waals surface area contributed by atoms with E-state index in [4.69, 9.17) is 11.6 Å². The minimum atomic E-state index is 0.513. The van der Waals surface area contributed by atoms with E-state index in [-0.39, 0.29) is 0 Å². The van der Waals surface area contributed by atoms with Crippen molar-refractivity contribution in [2.75, 3.05) is 0 Å². The lowest BCUT2D eigenvalue weighted by atomic mass is 10.2. The third kappa shape index (κ3) is 2.44. The lowest BCUT2D eigenvalue weighted by Gasteiger charge is -2.02. The number of hydrogen-bond acceptors (Lipinski definition) is 0. The van der Waals surface area contributed by atoms with Gasteiger partial charge in [-0.15, -0.1) is 11.6 Å². The first-order chi connectivity index (χ1) is 5.15. The van der Waals surface area contributed by atoms with Gasteiger partial charge in [-0.1, -0.05) is 15.9 Å². The summed E-state index contributed by atoms with van der Waals surface area (Å²) in [4.78, 5) is 0. The highest BCUT2D eigenvalue weighted by atomic mass is 79.9. The van der Waals surface area contributed by atoms with Crippen LogP contribution >= 0.6 is 59.4 Å². The molecule has 11 heavy (non-hydrogen) atoms. The van der Waals surface area contributed by atoms with Crippen LogP contribution in [0.4, 0.5) is 0 Å². The Hall–Kier alpha value is 0.950. The number of benzene rings is 1. The maximum Gasteiger partial charge on any atom is 0.0486 e. The number of alkyl halides is 1. The van der Waals surface area contributed by atoms with Gasteiger partial charge in [0.2, 0.25) is 0 Å². The van der Waals surface area contributed by atoms with Gasteiger partial charge in [-0.05, 0) is 49.6 Å². The summed E-state index contributed by atoms with van der Waals surface area (Å²) in [5.74, 6) is 0.513. The van der Waals surface area contributed by atoms with Gasteiger partial charge in [0.05, 0.1) is 0 Å². The highest BCUT2D eigenvalue weighted by molar-refractivity contribution is 9.13. The Morgan fingerprint density at radius 3 is 2.36 bits per heavy atom. The molecule has 0 aliphatic heterocycles. The maximum absolute atomic E-state index is 5.70. The lowest BCUT2D eigenvalue weighted by molar-refractivity contribution is 1.34. The molecule has 0 bridgehead atoms. The van der Waals surface area contributed by atoms with Gasteiger partial charge in [0.15, 0.2) is 0 Å². The summed E-state index contributed by atoms with van der Waals surface area (Å²) in [7, 11) is 0. The summed E-state index contributed by atoms with van der Waals surface area (Å²) >= 11 is 15.9. The van der Waals surface area contributed by atoms with Crippen molar-refractivity contribution in [1.82, 2.24) is 0 Å². The molecule has 0 spiro atoms. The second-order valence-corrected chi connectivity index (χ2v) is 4.82. The van der Waals surface area contributed by atoms with Crippen LogP contribution in [0.15, 0.2) is 25.6 Å². The van der Waals surface area contributed by atoms with E-state index in [1.165, 1.54) is 0 Å². The van der Waals surface area contributed by atoms with Gasteiger partial charge in [0.25, 0.3) is 0 Å². The molecule has 1 rings (SSSR count). The van der Waals surface area contributed by atoms with Gasteiger partial charge < -0.3 is 0 Å². The lowest BCUT2D eigenvalue weighted by Crippen LogP contribution is -1.81. The first kappa shape index (κ1) is 10.0. The molecule has 4 heteroatoms. The predicted octanol–water partition coefficient (Wildman–Crippen LogP) is 4.71. The van der Waals surface area contributed by atoms with Gasteiger partial charge >= 0.3 is 0 Å². The Morgan fingerprint density at radius 1 is 1.18 bits per heavy atom. The van der Waals surface area contributed by atoms with Crippen molar-refractivity contribution in [1.29, 1.82) is 0 Å². The Morgan fingerprint density at radius 2 is 1.82 bits per heavy atom. The fraction of sp³-hybridized carbons (Fsp3) is 0.143. The molecular formula is C7H4Br3Cl. The van der Waals surface area contributed by atoms with Gasteiger partial charge in [-0.25, -0.2) is 0 Å². The van der Waals surface area contributed by atoms with E-state index in [2.05, 4.69) is 47.8 Å². The SMILES string of the molecule is ClCc1cc(Br)cc(Br)c1Br. The predicted molar refractivity (Wildman–Crippen MR) is 59.1 cm³/mol. The van der Waals surface area contributed by atoms with Crippen molar-refractivity contribution >= 4 is 59.4 Å². The average Bonchev–Trinajstić information content (AvgIpc) is 1.96. The molecule has 0 fully saturated rings. The monoisotopic (exact) mass is 360 g/mol. The van der Waals surface area contributed by atoms with Crippen LogP contribution in [0.25, 0.3) is 0 Å². The summed E-state index contributed by atoms with van der Waals surface area (Å²) in [6.45, 7) is 0. The summed E-state index contributed by atoms with van der Waals surface area (Å²) in [6, 6.07) is 3.96. The quantitative estimate of drug-likeness (QED) is 0.501. The zero-order chi connectivity index (χ0) is 8.43. The molecule has 0 saturated heterocycles. The molecule has 0 aliphatic carbocycles. The first-order valence-electron chi connectivity index (χ1n) is 2.84. The minimum Gasteiger partial charge on any atom is -0.122 e. The van der Waals surface area contributed by atoms with Crippen LogP contribution in [0.1, 0.15) is 5.56 Å². The highest BCUT2D eigenvalue weighted by Crippen LogP contribution is 2.31. The van der Waals surface area contributed by atoms with E-state index < -0.39 is 0 Å². The molecule has 0 aromatic heterocycles. The molecule has 60 valence electrons. The van der Waals surface area contributed by atoms with E-state index in [1.54, 1.807) is 0 Å². The van der Waals surface area contributed by atoms with Gasteiger partial charge in [-0.3, -0.25) is 0 Å². The smallest absolute Gasteiger partial charge is 0.0486 e. The Bertz CT molecular complexity index is 273. The zero-order valence-corrected chi connectivity index (χ0v) is 10.9. The van der Waals surface area contributed by atoms with E-state index in [9.17, 15) is 0 Å². The van der Waals surface area contributed by atoms with Crippen molar-refractivity contribution in [3.05, 3.63) is 31.1 Å². The van der Waals surface area contributed by atoms with Crippen molar-refractivity contribution in [2.45, 2.75) is 5.88 Å². The van der Waals surface area contributed by atoms with Crippen LogP contribution in [0.3, 0.4) is 0 Å². The van der Waals surface area contributed by atoms with Crippen molar-refractivity contribution < 1.29 is 0 Å². The van der Waals surface area contributed by atoms with Crippen LogP contribution in [0.2, 0.25) is 0 Å². The molecule has 0 amide bonds. The molecule has 1 aromatic rings. The van der Waals surface area contributed by atoms with Gasteiger partial charge in [0.1, 0.15) is 0 Å². The Balaban J connectivity index is 3.24. The highest BCUT2D eigenvalue weighted by Gasteiger charge is 2.03.